The van der Waals surface area contributed by atoms with Gasteiger partial charge < -0.3 is 20.8 Å². The van der Waals surface area contributed by atoms with Crippen molar-refractivity contribution < 1.29 is 4.42 Å². The maximum atomic E-state index is 5.46. The van der Waals surface area contributed by atoms with E-state index in [2.05, 4.69) is 20.6 Å². The van der Waals surface area contributed by atoms with Gasteiger partial charge >= 0.3 is 0 Å². The molecule has 0 aliphatic heterocycles. The Kier molecular flexibility index (Phi) is 4.35. The van der Waals surface area contributed by atoms with Gasteiger partial charge in [0.05, 0.1) is 0 Å². The second-order valence-electron chi connectivity index (χ2n) is 4.29. The zero-order chi connectivity index (χ0) is 13.7. The van der Waals surface area contributed by atoms with Crippen LogP contribution in [0.3, 0.4) is 0 Å². The summed E-state index contributed by atoms with van der Waals surface area (Å²) in [4.78, 5) is 8.64. The van der Waals surface area contributed by atoms with Gasteiger partial charge in [-0.3, -0.25) is 0 Å². The molecule has 0 saturated carbocycles. The molecule has 6 heteroatoms. The smallest absolute Gasteiger partial charge is 0.198 e. The Morgan fingerprint density at radius 3 is 2.68 bits per heavy atom. The van der Waals surface area contributed by atoms with Gasteiger partial charge in [-0.15, -0.1) is 0 Å². The van der Waals surface area contributed by atoms with Gasteiger partial charge in [-0.1, -0.05) is 0 Å². The Bertz CT molecular complexity index is 538. The van der Waals surface area contributed by atoms with Crippen LogP contribution in [0, 0.1) is 13.8 Å². The van der Waals surface area contributed by atoms with E-state index in [0.29, 0.717) is 24.1 Å². The predicted octanol–water partition coefficient (Wildman–Crippen LogP) is 2.19. The van der Waals surface area contributed by atoms with Crippen LogP contribution in [-0.4, -0.2) is 23.1 Å². The van der Waals surface area contributed by atoms with Gasteiger partial charge in [0.25, 0.3) is 0 Å². The van der Waals surface area contributed by atoms with E-state index in [1.165, 1.54) is 0 Å². The first-order valence-corrected chi connectivity index (χ1v) is 6.30. The molecule has 2 aromatic rings. The number of anilines is 3. The highest BCUT2D eigenvalue weighted by molar-refractivity contribution is 5.55. The molecule has 2 rings (SSSR count). The van der Waals surface area contributed by atoms with Crippen molar-refractivity contribution in [3.63, 3.8) is 0 Å². The normalized spacial score (nSPS) is 10.5. The third-order valence-electron chi connectivity index (χ3n) is 2.52. The minimum Gasteiger partial charge on any atom is -0.446 e. The number of rotatable bonds is 6. The molecule has 0 atom stereocenters. The van der Waals surface area contributed by atoms with Gasteiger partial charge in [0.1, 0.15) is 23.2 Å². The highest BCUT2D eigenvalue weighted by atomic mass is 16.4. The fourth-order valence-electron chi connectivity index (χ4n) is 1.67. The summed E-state index contributed by atoms with van der Waals surface area (Å²) in [7, 11) is 0. The molecule has 2 heterocycles. The van der Waals surface area contributed by atoms with Gasteiger partial charge in [0.15, 0.2) is 5.88 Å². The molecule has 0 spiro atoms. The first kappa shape index (κ1) is 13.4. The number of aryl methyl sites for hydroxylation is 2. The summed E-state index contributed by atoms with van der Waals surface area (Å²) in [6.07, 6.45) is 0.906. The molecule has 0 amide bonds. The molecule has 19 heavy (non-hydrogen) atoms. The fourth-order valence-corrected chi connectivity index (χ4v) is 1.67. The molecule has 0 unspecified atom stereocenters. The van der Waals surface area contributed by atoms with Crippen molar-refractivity contribution in [2.45, 2.75) is 20.3 Å². The molecule has 0 aromatic carbocycles. The van der Waals surface area contributed by atoms with Crippen LogP contribution in [0.2, 0.25) is 0 Å². The lowest BCUT2D eigenvalue weighted by atomic mass is 10.4. The molecule has 6 nitrogen and oxygen atoms in total. The van der Waals surface area contributed by atoms with Crippen LogP contribution >= 0.6 is 0 Å². The van der Waals surface area contributed by atoms with Crippen molar-refractivity contribution in [2.75, 3.05) is 23.7 Å². The molecule has 102 valence electrons. The van der Waals surface area contributed by atoms with Gasteiger partial charge in [-0.05, 0) is 32.9 Å². The molecular formula is C13H19N5O. The van der Waals surface area contributed by atoms with Crippen molar-refractivity contribution in [1.82, 2.24) is 9.97 Å². The van der Waals surface area contributed by atoms with Crippen molar-refractivity contribution in [3.05, 3.63) is 29.8 Å². The minimum atomic E-state index is 0.661. The van der Waals surface area contributed by atoms with E-state index in [9.17, 15) is 0 Å². The van der Waals surface area contributed by atoms with Crippen LogP contribution in [0.25, 0.3) is 0 Å². The predicted molar refractivity (Wildman–Crippen MR) is 75.7 cm³/mol. The standard InChI is InChI=1S/C13H19N5O/c1-9-4-5-13(19-9)18-12-8-11(15-7-3-6-14)16-10(2)17-12/h4-5,8H,3,6-7,14H2,1-2H3,(H2,15,16,17,18). The third kappa shape index (κ3) is 3.96. The Hall–Kier alpha value is -2.08. The van der Waals surface area contributed by atoms with E-state index in [-0.39, 0.29) is 0 Å². The zero-order valence-electron chi connectivity index (χ0n) is 11.2. The number of hydrogen-bond acceptors (Lipinski definition) is 6. The molecule has 0 saturated heterocycles. The number of furan rings is 1. The largest absolute Gasteiger partial charge is 0.446 e. The second kappa shape index (κ2) is 6.19. The summed E-state index contributed by atoms with van der Waals surface area (Å²) in [5.74, 6) is 3.71. The van der Waals surface area contributed by atoms with Crippen molar-refractivity contribution in [2.24, 2.45) is 5.73 Å². The van der Waals surface area contributed by atoms with Gasteiger partial charge in [-0.2, -0.15) is 0 Å². The average molecular weight is 261 g/mol. The molecule has 0 bridgehead atoms. The summed E-state index contributed by atoms with van der Waals surface area (Å²) < 4.78 is 5.46. The third-order valence-corrected chi connectivity index (χ3v) is 2.52. The highest BCUT2D eigenvalue weighted by Crippen LogP contribution is 2.19. The minimum absolute atomic E-state index is 0.661. The Morgan fingerprint density at radius 1 is 1.21 bits per heavy atom. The summed E-state index contributed by atoms with van der Waals surface area (Å²) in [6, 6.07) is 5.62. The second-order valence-corrected chi connectivity index (χ2v) is 4.29. The summed E-state index contributed by atoms with van der Waals surface area (Å²) in [5.41, 5.74) is 5.46. The van der Waals surface area contributed by atoms with Crippen LogP contribution in [0.4, 0.5) is 17.5 Å². The number of nitrogens with one attached hydrogen (secondary N) is 2. The first-order valence-electron chi connectivity index (χ1n) is 6.30. The molecule has 0 radical (unpaired) electrons. The number of hydrogen-bond donors (Lipinski definition) is 3. The van der Waals surface area contributed by atoms with Gasteiger partial charge in [0.2, 0.25) is 0 Å². The molecule has 0 aliphatic rings. The van der Waals surface area contributed by atoms with Crippen molar-refractivity contribution in [1.29, 1.82) is 0 Å². The Morgan fingerprint density at radius 2 is 2.00 bits per heavy atom. The number of aromatic nitrogens is 2. The lowest BCUT2D eigenvalue weighted by Gasteiger charge is -2.08. The SMILES string of the molecule is Cc1nc(NCCCN)cc(Nc2ccc(C)o2)n1. The van der Waals surface area contributed by atoms with E-state index in [4.69, 9.17) is 10.2 Å². The van der Waals surface area contributed by atoms with Crippen LogP contribution in [0.5, 0.6) is 0 Å². The molecule has 2 aromatic heterocycles. The molecule has 4 N–H and O–H groups in total. The van der Waals surface area contributed by atoms with Crippen LogP contribution in [-0.2, 0) is 0 Å². The highest BCUT2D eigenvalue weighted by Gasteiger charge is 2.04. The summed E-state index contributed by atoms with van der Waals surface area (Å²) in [5, 5.41) is 6.33. The first-order chi connectivity index (χ1) is 9.17. The lowest BCUT2D eigenvalue weighted by Crippen LogP contribution is -2.10. The van der Waals surface area contributed by atoms with Crippen LogP contribution in [0.1, 0.15) is 18.0 Å². The quantitative estimate of drug-likeness (QED) is 0.691. The van der Waals surface area contributed by atoms with E-state index < -0.39 is 0 Å². The maximum Gasteiger partial charge on any atom is 0.198 e. The number of nitrogens with two attached hydrogens (primary N) is 1. The zero-order valence-corrected chi connectivity index (χ0v) is 11.2. The van der Waals surface area contributed by atoms with E-state index in [0.717, 1.165) is 24.5 Å². The molecule has 0 fully saturated rings. The van der Waals surface area contributed by atoms with Crippen LogP contribution in [0.15, 0.2) is 22.6 Å². The Labute approximate surface area is 112 Å². The monoisotopic (exact) mass is 261 g/mol. The Balaban J connectivity index is 2.07. The molecule has 0 aliphatic carbocycles. The average Bonchev–Trinajstić information content (AvgIpc) is 2.74. The van der Waals surface area contributed by atoms with E-state index in [1.54, 1.807) is 0 Å². The van der Waals surface area contributed by atoms with Gasteiger partial charge in [-0.25, -0.2) is 9.97 Å². The lowest BCUT2D eigenvalue weighted by molar-refractivity contribution is 0.551. The molecular weight excluding hydrogens is 242 g/mol. The van der Waals surface area contributed by atoms with Crippen molar-refractivity contribution in [3.8, 4) is 0 Å². The topological polar surface area (TPSA) is 89.0 Å². The fraction of sp³-hybridized carbons (Fsp3) is 0.385. The summed E-state index contributed by atoms with van der Waals surface area (Å²) in [6.45, 7) is 5.21. The number of nitrogens with zero attached hydrogens (tertiary/aromatic N) is 2. The van der Waals surface area contributed by atoms with Gasteiger partial charge in [0, 0.05) is 18.7 Å². The van der Waals surface area contributed by atoms with Crippen molar-refractivity contribution >= 4 is 17.5 Å². The van der Waals surface area contributed by atoms with E-state index >= 15 is 0 Å². The maximum absolute atomic E-state index is 5.46. The van der Waals surface area contributed by atoms with Crippen LogP contribution < -0.4 is 16.4 Å². The summed E-state index contributed by atoms with van der Waals surface area (Å²) >= 11 is 0. The van der Waals surface area contributed by atoms with E-state index in [1.807, 2.05) is 32.0 Å².